The van der Waals surface area contributed by atoms with Crippen LogP contribution < -0.4 is 10.6 Å². The van der Waals surface area contributed by atoms with Gasteiger partial charge in [0, 0.05) is 12.1 Å². The first kappa shape index (κ1) is 13.4. The fraction of sp³-hybridized carbons (Fsp3) is 0.500. The van der Waals surface area contributed by atoms with Gasteiger partial charge in [-0.05, 0) is 32.5 Å². The second-order valence-corrected chi connectivity index (χ2v) is 4.27. The summed E-state index contributed by atoms with van der Waals surface area (Å²) < 4.78 is 0. The van der Waals surface area contributed by atoms with Gasteiger partial charge in [0.25, 0.3) is 5.69 Å². The van der Waals surface area contributed by atoms with Crippen molar-refractivity contribution >= 4 is 11.4 Å². The number of nitrogens with zero attached hydrogens (tertiary/aromatic N) is 1. The van der Waals surface area contributed by atoms with Crippen molar-refractivity contribution in [3.63, 3.8) is 0 Å². The Balaban J connectivity index is 2.77. The lowest BCUT2D eigenvalue weighted by atomic mass is 10.1. The van der Waals surface area contributed by atoms with E-state index in [0.717, 1.165) is 6.54 Å². The molecule has 0 amide bonds. The van der Waals surface area contributed by atoms with Gasteiger partial charge < -0.3 is 10.6 Å². The molecule has 0 radical (unpaired) electrons. The van der Waals surface area contributed by atoms with Gasteiger partial charge in [-0.1, -0.05) is 19.1 Å². The predicted molar refractivity (Wildman–Crippen MR) is 69.4 cm³/mol. The summed E-state index contributed by atoms with van der Waals surface area (Å²) in [4.78, 5) is 10.6. The van der Waals surface area contributed by atoms with Crippen LogP contribution in [0.2, 0.25) is 0 Å². The summed E-state index contributed by atoms with van der Waals surface area (Å²) in [5.41, 5.74) is 1.45. The van der Waals surface area contributed by atoms with Crippen molar-refractivity contribution in [3.05, 3.63) is 33.9 Å². The minimum absolute atomic E-state index is 0.171. The summed E-state index contributed by atoms with van der Waals surface area (Å²) in [6, 6.07) is 5.32. The van der Waals surface area contributed by atoms with E-state index in [2.05, 4.69) is 17.6 Å². The Morgan fingerprint density at radius 3 is 2.71 bits per heavy atom. The van der Waals surface area contributed by atoms with Crippen LogP contribution in [-0.4, -0.2) is 25.1 Å². The van der Waals surface area contributed by atoms with Crippen LogP contribution in [0.15, 0.2) is 18.2 Å². The van der Waals surface area contributed by atoms with Crippen LogP contribution in [0.5, 0.6) is 0 Å². The second kappa shape index (κ2) is 6.20. The Kier molecular flexibility index (Phi) is 4.90. The lowest BCUT2D eigenvalue weighted by Crippen LogP contribution is -2.23. The lowest BCUT2D eigenvalue weighted by molar-refractivity contribution is -0.384. The average Bonchev–Trinajstić information content (AvgIpc) is 2.26. The minimum Gasteiger partial charge on any atom is -0.379 e. The van der Waals surface area contributed by atoms with Gasteiger partial charge in [0.2, 0.25) is 0 Å². The topological polar surface area (TPSA) is 67.2 Å². The molecule has 1 rings (SSSR count). The Morgan fingerprint density at radius 2 is 2.12 bits per heavy atom. The largest absolute Gasteiger partial charge is 0.379 e. The van der Waals surface area contributed by atoms with E-state index in [1.54, 1.807) is 19.1 Å². The number of hydrogen-bond donors (Lipinski definition) is 2. The highest BCUT2D eigenvalue weighted by Gasteiger charge is 2.16. The van der Waals surface area contributed by atoms with Crippen molar-refractivity contribution in [3.8, 4) is 0 Å². The highest BCUT2D eigenvalue weighted by atomic mass is 16.6. The van der Waals surface area contributed by atoms with Crippen LogP contribution in [0.25, 0.3) is 0 Å². The zero-order valence-electron chi connectivity index (χ0n) is 10.5. The van der Waals surface area contributed by atoms with Crippen molar-refractivity contribution in [2.75, 3.05) is 25.5 Å². The summed E-state index contributed by atoms with van der Waals surface area (Å²) >= 11 is 0. The maximum Gasteiger partial charge on any atom is 0.295 e. The molecular weight excluding hydrogens is 218 g/mol. The van der Waals surface area contributed by atoms with Gasteiger partial charge in [0.15, 0.2) is 0 Å². The Morgan fingerprint density at radius 1 is 1.41 bits per heavy atom. The van der Waals surface area contributed by atoms with Crippen molar-refractivity contribution in [1.82, 2.24) is 5.32 Å². The zero-order chi connectivity index (χ0) is 12.8. The predicted octanol–water partition coefficient (Wildman–Crippen LogP) is 2.17. The number of benzene rings is 1. The Bertz CT molecular complexity index is 393. The molecule has 5 nitrogen and oxygen atoms in total. The third-order valence-electron chi connectivity index (χ3n) is 2.61. The molecule has 0 bridgehead atoms. The molecule has 1 aromatic rings. The molecule has 0 aromatic heterocycles. The van der Waals surface area contributed by atoms with Crippen molar-refractivity contribution < 1.29 is 4.92 Å². The number of hydrogen-bond acceptors (Lipinski definition) is 4. The zero-order valence-corrected chi connectivity index (χ0v) is 10.5. The maximum absolute atomic E-state index is 11.0. The van der Waals surface area contributed by atoms with Crippen LogP contribution in [0.3, 0.4) is 0 Å². The molecule has 5 heteroatoms. The van der Waals surface area contributed by atoms with Crippen molar-refractivity contribution in [2.24, 2.45) is 5.92 Å². The highest BCUT2D eigenvalue weighted by molar-refractivity contribution is 5.64. The molecule has 1 atom stereocenters. The first-order valence-electron chi connectivity index (χ1n) is 5.68. The van der Waals surface area contributed by atoms with Crippen molar-refractivity contribution in [2.45, 2.75) is 13.8 Å². The van der Waals surface area contributed by atoms with E-state index in [1.165, 1.54) is 0 Å². The van der Waals surface area contributed by atoms with Crippen LogP contribution >= 0.6 is 0 Å². The summed E-state index contributed by atoms with van der Waals surface area (Å²) in [5, 5.41) is 17.2. The van der Waals surface area contributed by atoms with Gasteiger partial charge >= 0.3 is 0 Å². The van der Waals surface area contributed by atoms with Gasteiger partial charge in [-0.25, -0.2) is 0 Å². The van der Waals surface area contributed by atoms with Gasteiger partial charge in [-0.2, -0.15) is 0 Å². The molecule has 0 saturated carbocycles. The quantitative estimate of drug-likeness (QED) is 0.587. The normalized spacial score (nSPS) is 12.2. The minimum atomic E-state index is -0.333. The second-order valence-electron chi connectivity index (χ2n) is 4.27. The monoisotopic (exact) mass is 237 g/mol. The molecule has 1 aromatic carbocycles. The number of anilines is 1. The third kappa shape index (κ3) is 3.71. The smallest absolute Gasteiger partial charge is 0.295 e. The first-order valence-corrected chi connectivity index (χ1v) is 5.68. The molecule has 0 heterocycles. The van der Waals surface area contributed by atoms with E-state index >= 15 is 0 Å². The van der Waals surface area contributed by atoms with E-state index in [9.17, 15) is 10.1 Å². The standard InChI is InChI=1S/C12H19N3O2/c1-9(7-13-3)8-14-11-6-4-5-10(2)12(11)15(16)17/h4-6,9,13-14H,7-8H2,1-3H3. The van der Waals surface area contributed by atoms with E-state index < -0.39 is 0 Å². The van der Waals surface area contributed by atoms with E-state index in [0.29, 0.717) is 23.7 Å². The number of nitro groups is 1. The van der Waals surface area contributed by atoms with E-state index in [1.807, 2.05) is 13.1 Å². The average molecular weight is 237 g/mol. The third-order valence-corrected chi connectivity index (χ3v) is 2.61. The Labute approximate surface area is 101 Å². The molecule has 17 heavy (non-hydrogen) atoms. The van der Waals surface area contributed by atoms with Gasteiger partial charge in [0.05, 0.1) is 4.92 Å². The summed E-state index contributed by atoms with van der Waals surface area (Å²) in [7, 11) is 1.89. The molecule has 94 valence electrons. The number of para-hydroxylation sites is 1. The number of nitrogens with one attached hydrogen (secondary N) is 2. The molecule has 0 saturated heterocycles. The fourth-order valence-electron chi connectivity index (χ4n) is 1.75. The van der Waals surface area contributed by atoms with E-state index in [4.69, 9.17) is 0 Å². The summed E-state index contributed by atoms with van der Waals surface area (Å²) in [5.74, 6) is 0.417. The molecule has 0 aliphatic heterocycles. The van der Waals surface area contributed by atoms with Crippen LogP contribution in [0.1, 0.15) is 12.5 Å². The molecule has 0 fully saturated rings. The van der Waals surface area contributed by atoms with Crippen LogP contribution in [0.4, 0.5) is 11.4 Å². The van der Waals surface area contributed by atoms with Gasteiger partial charge in [0.1, 0.15) is 5.69 Å². The molecule has 0 aliphatic rings. The Hall–Kier alpha value is -1.62. The highest BCUT2D eigenvalue weighted by Crippen LogP contribution is 2.27. The molecule has 0 spiro atoms. The maximum atomic E-state index is 11.0. The molecular formula is C12H19N3O2. The van der Waals surface area contributed by atoms with Gasteiger partial charge in [-0.15, -0.1) is 0 Å². The summed E-state index contributed by atoms with van der Waals surface area (Å²) in [6.07, 6.45) is 0. The lowest BCUT2D eigenvalue weighted by Gasteiger charge is -2.13. The number of nitro benzene ring substituents is 1. The van der Waals surface area contributed by atoms with Crippen molar-refractivity contribution in [1.29, 1.82) is 0 Å². The van der Waals surface area contributed by atoms with Crippen LogP contribution in [0, 0.1) is 23.0 Å². The van der Waals surface area contributed by atoms with Crippen LogP contribution in [-0.2, 0) is 0 Å². The number of rotatable bonds is 6. The van der Waals surface area contributed by atoms with E-state index in [-0.39, 0.29) is 10.6 Å². The molecule has 0 aliphatic carbocycles. The first-order chi connectivity index (χ1) is 8.06. The number of aryl methyl sites for hydroxylation is 1. The fourth-order valence-corrected chi connectivity index (χ4v) is 1.75. The van der Waals surface area contributed by atoms with Gasteiger partial charge in [-0.3, -0.25) is 10.1 Å². The molecule has 2 N–H and O–H groups in total. The molecule has 1 unspecified atom stereocenters. The SMILES string of the molecule is CNCC(C)CNc1cccc(C)c1[N+](=O)[O-]. The summed E-state index contributed by atoms with van der Waals surface area (Å²) in [6.45, 7) is 5.43.